The fourth-order valence-corrected chi connectivity index (χ4v) is 7.18. The molecule has 0 fully saturated rings. The van der Waals surface area contributed by atoms with Crippen molar-refractivity contribution in [3.63, 3.8) is 0 Å². The molecule has 1 unspecified atom stereocenters. The van der Waals surface area contributed by atoms with Crippen LogP contribution in [0.5, 0.6) is 11.5 Å². The van der Waals surface area contributed by atoms with Gasteiger partial charge < -0.3 is 19.7 Å². The second-order valence-corrected chi connectivity index (χ2v) is 14.1. The highest BCUT2D eigenvalue weighted by Gasteiger charge is 2.36. The van der Waals surface area contributed by atoms with Crippen LogP contribution in [-0.2, 0) is 32.6 Å². The van der Waals surface area contributed by atoms with Crippen LogP contribution in [0, 0.1) is 5.82 Å². The molecule has 0 saturated carbocycles. The molecule has 1 atom stereocenters. The molecule has 0 aliphatic carbocycles. The number of sulfonamides is 1. The highest BCUT2D eigenvalue weighted by atomic mass is 35.5. The first-order chi connectivity index (χ1) is 22.9. The van der Waals surface area contributed by atoms with Gasteiger partial charge in [-0.2, -0.15) is 0 Å². The Hall–Kier alpha value is -4.32. The van der Waals surface area contributed by atoms with Crippen molar-refractivity contribution in [1.29, 1.82) is 0 Å². The van der Waals surface area contributed by atoms with Gasteiger partial charge in [-0.25, -0.2) is 12.8 Å². The Balaban J connectivity index is 1.60. The zero-order valence-electron chi connectivity index (χ0n) is 26.2. The Morgan fingerprint density at radius 3 is 2.17 bits per heavy atom. The zero-order chi connectivity index (χ0) is 34.4. The quantitative estimate of drug-likeness (QED) is 0.186. The molecule has 4 aromatic carbocycles. The van der Waals surface area contributed by atoms with E-state index in [0.29, 0.717) is 17.9 Å². The van der Waals surface area contributed by atoms with E-state index in [1.807, 2.05) is 30.3 Å². The molecule has 0 aromatic heterocycles. The number of benzene rings is 4. The second-order valence-electron chi connectivity index (χ2n) is 11.4. The van der Waals surface area contributed by atoms with Gasteiger partial charge in [-0.3, -0.25) is 13.9 Å². The fraction of sp³-hybridized carbons (Fsp3) is 0.257. The number of halogens is 3. The van der Waals surface area contributed by atoms with Crippen LogP contribution < -0.4 is 19.1 Å². The molecule has 1 N–H and O–H groups in total. The number of hydrogen-bond acceptors (Lipinski definition) is 6. The van der Waals surface area contributed by atoms with E-state index < -0.39 is 40.2 Å². The molecule has 9 nitrogen and oxygen atoms in total. The number of carbonyl (C=O) groups is 2. The Kier molecular flexibility index (Phi) is 11.1. The standard InChI is InChI=1S/C35H34Cl2FN3O6S/c1-23(2)39-35(43)31(19-24-7-4-3-5-8-24)40(21-28-29(36)9-6-10-30(28)37)34(42)22-41(26-13-11-25(38)12-14-26)48(44,45)27-15-16-32-33(20-27)47-18-17-46-32/h3-16,20,23,31H,17-19,21-22H2,1-2H3,(H,39,43). The lowest BCUT2D eigenvalue weighted by molar-refractivity contribution is -0.140. The van der Waals surface area contributed by atoms with Gasteiger partial charge in [0, 0.05) is 40.7 Å². The molecule has 0 radical (unpaired) electrons. The van der Waals surface area contributed by atoms with Crippen molar-refractivity contribution >= 4 is 50.7 Å². The summed E-state index contributed by atoms with van der Waals surface area (Å²) in [5.74, 6) is -1.15. The Bertz CT molecular complexity index is 1860. The van der Waals surface area contributed by atoms with Crippen molar-refractivity contribution in [2.45, 2.75) is 43.8 Å². The van der Waals surface area contributed by atoms with Gasteiger partial charge in [0.15, 0.2) is 11.5 Å². The second kappa shape index (κ2) is 15.3. The van der Waals surface area contributed by atoms with Gasteiger partial charge in [-0.15, -0.1) is 0 Å². The maximum absolute atomic E-state index is 14.6. The van der Waals surface area contributed by atoms with Crippen LogP contribution in [0.1, 0.15) is 25.0 Å². The number of rotatable bonds is 12. The van der Waals surface area contributed by atoms with E-state index in [1.165, 1.54) is 35.2 Å². The van der Waals surface area contributed by atoms with Crippen molar-refractivity contribution in [2.24, 2.45) is 0 Å². The zero-order valence-corrected chi connectivity index (χ0v) is 28.6. The van der Waals surface area contributed by atoms with E-state index in [-0.39, 0.29) is 52.0 Å². The Morgan fingerprint density at radius 1 is 0.875 bits per heavy atom. The molecule has 2 amide bonds. The van der Waals surface area contributed by atoms with Gasteiger partial charge in [0.1, 0.15) is 31.6 Å². The van der Waals surface area contributed by atoms with Crippen LogP contribution in [0.2, 0.25) is 10.0 Å². The number of nitrogens with one attached hydrogen (secondary N) is 1. The molecular formula is C35H34Cl2FN3O6S. The molecule has 1 aliphatic rings. The maximum Gasteiger partial charge on any atom is 0.264 e. The lowest BCUT2D eigenvalue weighted by Gasteiger charge is -2.34. The predicted octanol–water partition coefficient (Wildman–Crippen LogP) is 6.26. The summed E-state index contributed by atoms with van der Waals surface area (Å²) in [6, 6.07) is 21.5. The number of hydrogen-bond donors (Lipinski definition) is 1. The number of ether oxygens (including phenoxy) is 2. The predicted molar refractivity (Wildman–Crippen MR) is 183 cm³/mol. The first kappa shape index (κ1) is 35.0. The molecule has 1 heterocycles. The van der Waals surface area contributed by atoms with Crippen LogP contribution in [0.15, 0.2) is 95.9 Å². The van der Waals surface area contributed by atoms with Crippen molar-refractivity contribution in [3.05, 3.63) is 118 Å². The topological polar surface area (TPSA) is 105 Å². The summed E-state index contributed by atoms with van der Waals surface area (Å²) in [6.45, 7) is 3.19. The van der Waals surface area contributed by atoms with E-state index in [1.54, 1.807) is 32.0 Å². The van der Waals surface area contributed by atoms with E-state index in [9.17, 15) is 22.4 Å². The highest BCUT2D eigenvalue weighted by Crippen LogP contribution is 2.35. The molecule has 252 valence electrons. The maximum atomic E-state index is 14.6. The number of carbonyl (C=O) groups excluding carboxylic acids is 2. The lowest BCUT2D eigenvalue weighted by Crippen LogP contribution is -2.54. The smallest absolute Gasteiger partial charge is 0.264 e. The summed E-state index contributed by atoms with van der Waals surface area (Å²) in [5.41, 5.74) is 1.18. The van der Waals surface area contributed by atoms with Gasteiger partial charge in [0.2, 0.25) is 11.8 Å². The molecule has 13 heteroatoms. The largest absolute Gasteiger partial charge is 0.486 e. The Morgan fingerprint density at radius 2 is 1.52 bits per heavy atom. The number of nitrogens with zero attached hydrogens (tertiary/aromatic N) is 2. The van der Waals surface area contributed by atoms with Gasteiger partial charge in [0.05, 0.1) is 10.6 Å². The number of amides is 2. The monoisotopic (exact) mass is 713 g/mol. The summed E-state index contributed by atoms with van der Waals surface area (Å²) in [6.07, 6.45) is 0.110. The van der Waals surface area contributed by atoms with Gasteiger partial charge >= 0.3 is 0 Å². The summed E-state index contributed by atoms with van der Waals surface area (Å²) in [7, 11) is -4.47. The van der Waals surface area contributed by atoms with E-state index in [2.05, 4.69) is 5.32 Å². The molecule has 0 bridgehead atoms. The van der Waals surface area contributed by atoms with Crippen LogP contribution in [0.25, 0.3) is 0 Å². The molecular weight excluding hydrogens is 680 g/mol. The summed E-state index contributed by atoms with van der Waals surface area (Å²) in [5, 5.41) is 3.42. The van der Waals surface area contributed by atoms with Crippen LogP contribution in [0.3, 0.4) is 0 Å². The van der Waals surface area contributed by atoms with E-state index in [4.69, 9.17) is 32.7 Å². The Labute approximate surface area is 289 Å². The van der Waals surface area contributed by atoms with Crippen LogP contribution >= 0.6 is 23.2 Å². The summed E-state index contributed by atoms with van der Waals surface area (Å²) < 4.78 is 54.7. The van der Waals surface area contributed by atoms with Gasteiger partial charge in [-0.05, 0) is 67.9 Å². The number of anilines is 1. The van der Waals surface area contributed by atoms with Crippen molar-refractivity contribution in [3.8, 4) is 11.5 Å². The minimum absolute atomic E-state index is 0.0293. The third kappa shape index (κ3) is 8.21. The average Bonchev–Trinajstić information content (AvgIpc) is 3.06. The van der Waals surface area contributed by atoms with Gasteiger partial charge in [0.25, 0.3) is 10.0 Å². The van der Waals surface area contributed by atoms with E-state index >= 15 is 0 Å². The summed E-state index contributed by atoms with van der Waals surface area (Å²) >= 11 is 13.1. The first-order valence-corrected chi connectivity index (χ1v) is 17.4. The number of fused-ring (bicyclic) bond motifs is 1. The lowest BCUT2D eigenvalue weighted by atomic mass is 10.0. The third-order valence-corrected chi connectivity index (χ3v) is 10.1. The molecule has 0 spiro atoms. The van der Waals surface area contributed by atoms with E-state index in [0.717, 1.165) is 22.0 Å². The van der Waals surface area contributed by atoms with Gasteiger partial charge in [-0.1, -0.05) is 59.6 Å². The summed E-state index contributed by atoms with van der Waals surface area (Å²) in [4.78, 5) is 29.5. The average molecular weight is 715 g/mol. The molecule has 1 aliphatic heterocycles. The minimum Gasteiger partial charge on any atom is -0.486 e. The normalized spacial score (nSPS) is 13.1. The fourth-order valence-electron chi connectivity index (χ4n) is 5.24. The first-order valence-electron chi connectivity index (χ1n) is 15.2. The highest BCUT2D eigenvalue weighted by molar-refractivity contribution is 7.92. The van der Waals surface area contributed by atoms with Crippen molar-refractivity contribution in [2.75, 3.05) is 24.1 Å². The van der Waals surface area contributed by atoms with Crippen molar-refractivity contribution < 1.29 is 31.9 Å². The SMILES string of the molecule is CC(C)NC(=O)C(Cc1ccccc1)N(Cc1c(Cl)cccc1Cl)C(=O)CN(c1ccc(F)cc1)S(=O)(=O)c1ccc2c(c1)OCCO2. The van der Waals surface area contributed by atoms with Crippen LogP contribution in [0.4, 0.5) is 10.1 Å². The molecule has 4 aromatic rings. The minimum atomic E-state index is -4.47. The molecule has 5 rings (SSSR count). The molecule has 48 heavy (non-hydrogen) atoms. The van der Waals surface area contributed by atoms with Crippen molar-refractivity contribution in [1.82, 2.24) is 10.2 Å². The van der Waals surface area contributed by atoms with Crippen LogP contribution in [-0.4, -0.2) is 57.0 Å². The molecule has 0 saturated heterocycles. The third-order valence-electron chi connectivity index (χ3n) is 7.59.